The summed E-state index contributed by atoms with van der Waals surface area (Å²) >= 11 is 3.23. The third kappa shape index (κ3) is 3.61. The molecule has 0 radical (unpaired) electrons. The van der Waals surface area contributed by atoms with E-state index >= 15 is 0 Å². The van der Waals surface area contributed by atoms with E-state index in [-0.39, 0.29) is 12.4 Å². The quantitative estimate of drug-likeness (QED) is 0.762. The van der Waals surface area contributed by atoms with Crippen LogP contribution in [-0.2, 0) is 0 Å². The molecule has 1 nitrogen and oxygen atoms in total. The van der Waals surface area contributed by atoms with E-state index < -0.39 is 0 Å². The number of hydrogen-bond acceptors (Lipinski definition) is 1. The third-order valence-corrected chi connectivity index (χ3v) is 2.82. The van der Waals surface area contributed by atoms with Crippen LogP contribution < -0.4 is 4.74 Å². The van der Waals surface area contributed by atoms with Gasteiger partial charge in [-0.3, -0.25) is 0 Å². The summed E-state index contributed by atoms with van der Waals surface area (Å²) in [6.45, 7) is 0.263. The summed E-state index contributed by atoms with van der Waals surface area (Å²) in [5.41, 5.74) is 0.944. The van der Waals surface area contributed by atoms with Crippen LogP contribution >= 0.6 is 15.9 Å². The van der Waals surface area contributed by atoms with Crippen molar-refractivity contribution in [3.8, 4) is 17.6 Å². The van der Waals surface area contributed by atoms with E-state index in [1.165, 1.54) is 12.1 Å². The van der Waals surface area contributed by atoms with E-state index in [1.807, 2.05) is 30.3 Å². The monoisotopic (exact) mass is 304 g/mol. The normalized spacial score (nSPS) is 9.44. The molecule has 0 N–H and O–H groups in total. The van der Waals surface area contributed by atoms with Crippen LogP contribution in [0.4, 0.5) is 4.39 Å². The first-order valence-corrected chi connectivity index (χ1v) is 6.17. The summed E-state index contributed by atoms with van der Waals surface area (Å²) < 4.78 is 18.9. The Balaban J connectivity index is 1.95. The molecule has 0 fully saturated rings. The van der Waals surface area contributed by atoms with Crippen molar-refractivity contribution in [3.05, 3.63) is 64.4 Å². The van der Waals surface area contributed by atoms with Gasteiger partial charge in [-0.15, -0.1) is 0 Å². The molecule has 0 heterocycles. The molecule has 0 spiro atoms. The van der Waals surface area contributed by atoms with Crippen LogP contribution in [0.15, 0.2) is 53.0 Å². The topological polar surface area (TPSA) is 9.23 Å². The number of hydrogen-bond donors (Lipinski definition) is 0. The first-order chi connectivity index (χ1) is 8.75. The maximum Gasteiger partial charge on any atom is 0.149 e. The summed E-state index contributed by atoms with van der Waals surface area (Å²) in [4.78, 5) is 0. The highest BCUT2D eigenvalue weighted by molar-refractivity contribution is 9.10. The maximum absolute atomic E-state index is 12.8. The molecule has 0 aliphatic carbocycles. The summed E-state index contributed by atoms with van der Waals surface area (Å²) in [5, 5.41) is 0. The number of benzene rings is 2. The lowest BCUT2D eigenvalue weighted by molar-refractivity contribution is 0.367. The smallest absolute Gasteiger partial charge is 0.149 e. The molecule has 3 heteroatoms. The van der Waals surface area contributed by atoms with Crippen LogP contribution in [0.1, 0.15) is 5.56 Å². The average Bonchev–Trinajstić information content (AvgIpc) is 2.38. The molecule has 18 heavy (non-hydrogen) atoms. The Morgan fingerprint density at radius 1 is 1.11 bits per heavy atom. The summed E-state index contributed by atoms with van der Waals surface area (Å²) in [7, 11) is 0. The molecule has 2 rings (SSSR count). The largest absolute Gasteiger partial charge is 0.480 e. The van der Waals surface area contributed by atoms with Gasteiger partial charge < -0.3 is 4.74 Å². The first kappa shape index (κ1) is 12.7. The molecule has 2 aromatic rings. The van der Waals surface area contributed by atoms with Gasteiger partial charge in [-0.05, 0) is 46.3 Å². The van der Waals surface area contributed by atoms with Gasteiger partial charge in [-0.1, -0.05) is 30.0 Å². The van der Waals surface area contributed by atoms with Crippen molar-refractivity contribution in [2.24, 2.45) is 0 Å². The molecule has 0 amide bonds. The predicted octanol–water partition coefficient (Wildman–Crippen LogP) is 4.02. The summed E-state index contributed by atoms with van der Waals surface area (Å²) in [6, 6.07) is 14.0. The molecule has 90 valence electrons. The lowest BCUT2D eigenvalue weighted by Crippen LogP contribution is -1.95. The minimum absolute atomic E-state index is 0.263. The molecule has 2 aromatic carbocycles. The van der Waals surface area contributed by atoms with E-state index in [4.69, 9.17) is 4.74 Å². The zero-order chi connectivity index (χ0) is 12.8. The van der Waals surface area contributed by atoms with Crippen molar-refractivity contribution in [1.82, 2.24) is 0 Å². The molecular weight excluding hydrogens is 295 g/mol. The van der Waals surface area contributed by atoms with Crippen molar-refractivity contribution in [1.29, 1.82) is 0 Å². The van der Waals surface area contributed by atoms with E-state index in [0.29, 0.717) is 10.2 Å². The fourth-order valence-electron chi connectivity index (χ4n) is 1.37. The Morgan fingerprint density at radius 2 is 1.89 bits per heavy atom. The van der Waals surface area contributed by atoms with E-state index in [9.17, 15) is 4.39 Å². The van der Waals surface area contributed by atoms with Crippen molar-refractivity contribution >= 4 is 15.9 Å². The predicted molar refractivity (Wildman–Crippen MR) is 72.9 cm³/mol. The van der Waals surface area contributed by atoms with Crippen LogP contribution in [0.2, 0.25) is 0 Å². The van der Waals surface area contributed by atoms with E-state index in [2.05, 4.69) is 27.8 Å². The number of halogens is 2. The van der Waals surface area contributed by atoms with E-state index in [0.717, 1.165) is 5.56 Å². The van der Waals surface area contributed by atoms with Crippen molar-refractivity contribution < 1.29 is 9.13 Å². The Labute approximate surface area is 114 Å². The molecule has 0 unspecified atom stereocenters. The molecule has 0 bridgehead atoms. The second kappa shape index (κ2) is 6.23. The Hall–Kier alpha value is -1.79. The maximum atomic E-state index is 12.8. The van der Waals surface area contributed by atoms with Gasteiger partial charge in [0.2, 0.25) is 0 Å². The number of rotatable bonds is 2. The van der Waals surface area contributed by atoms with Crippen LogP contribution in [0.5, 0.6) is 5.75 Å². The Bertz CT molecular complexity index is 584. The summed E-state index contributed by atoms with van der Waals surface area (Å²) in [5.74, 6) is 6.17. The van der Waals surface area contributed by atoms with Crippen molar-refractivity contribution in [2.45, 2.75) is 0 Å². The van der Waals surface area contributed by atoms with Gasteiger partial charge >= 0.3 is 0 Å². The van der Waals surface area contributed by atoms with Crippen LogP contribution in [0, 0.1) is 17.7 Å². The fraction of sp³-hybridized carbons (Fsp3) is 0.0667. The average molecular weight is 305 g/mol. The molecule has 0 saturated heterocycles. The molecule has 0 atom stereocenters. The highest BCUT2D eigenvalue weighted by Crippen LogP contribution is 2.25. The minimum Gasteiger partial charge on any atom is -0.480 e. The van der Waals surface area contributed by atoms with Crippen LogP contribution in [0.3, 0.4) is 0 Å². The third-order valence-electron chi connectivity index (χ3n) is 2.20. The second-order valence-corrected chi connectivity index (χ2v) is 4.39. The highest BCUT2D eigenvalue weighted by atomic mass is 79.9. The highest BCUT2D eigenvalue weighted by Gasteiger charge is 2.00. The minimum atomic E-state index is -0.301. The Morgan fingerprint density at radius 3 is 2.61 bits per heavy atom. The van der Waals surface area contributed by atoms with Gasteiger partial charge in [0.15, 0.2) is 0 Å². The second-order valence-electron chi connectivity index (χ2n) is 3.53. The first-order valence-electron chi connectivity index (χ1n) is 5.37. The van der Waals surface area contributed by atoms with Gasteiger partial charge in [0.1, 0.15) is 18.2 Å². The SMILES string of the molecule is Fc1ccc(OCC#Cc2ccccc2)c(Br)c1. The lowest BCUT2D eigenvalue weighted by atomic mass is 10.2. The molecule has 0 saturated carbocycles. The van der Waals surface area contributed by atoms with Gasteiger partial charge in [0, 0.05) is 5.56 Å². The van der Waals surface area contributed by atoms with Gasteiger partial charge in [-0.2, -0.15) is 0 Å². The standard InChI is InChI=1S/C15H10BrFO/c16-14-11-13(17)8-9-15(14)18-10-4-7-12-5-2-1-3-6-12/h1-3,5-6,8-9,11H,10H2. The van der Waals surface area contributed by atoms with Gasteiger partial charge in [0.25, 0.3) is 0 Å². The van der Waals surface area contributed by atoms with Gasteiger partial charge in [0.05, 0.1) is 4.47 Å². The molecular formula is C15H10BrFO. The van der Waals surface area contributed by atoms with E-state index in [1.54, 1.807) is 6.07 Å². The van der Waals surface area contributed by atoms with Crippen LogP contribution in [0.25, 0.3) is 0 Å². The molecule has 0 aromatic heterocycles. The molecule has 0 aliphatic rings. The van der Waals surface area contributed by atoms with Gasteiger partial charge in [-0.25, -0.2) is 4.39 Å². The Kier molecular flexibility index (Phi) is 4.38. The van der Waals surface area contributed by atoms with Crippen molar-refractivity contribution in [3.63, 3.8) is 0 Å². The summed E-state index contributed by atoms with van der Waals surface area (Å²) in [6.07, 6.45) is 0. The van der Waals surface area contributed by atoms with Crippen molar-refractivity contribution in [2.75, 3.05) is 6.61 Å². The zero-order valence-corrected chi connectivity index (χ0v) is 11.1. The zero-order valence-electron chi connectivity index (χ0n) is 9.49. The number of ether oxygens (including phenoxy) is 1. The fourth-order valence-corrected chi connectivity index (χ4v) is 1.83. The van der Waals surface area contributed by atoms with Crippen LogP contribution in [-0.4, -0.2) is 6.61 Å². The molecule has 0 aliphatic heterocycles. The lowest BCUT2D eigenvalue weighted by Gasteiger charge is -2.04.